The number of nitrogens with zero attached hydrogens (tertiary/aromatic N) is 1. The number of esters is 1. The van der Waals surface area contributed by atoms with Crippen molar-refractivity contribution in [2.45, 2.75) is 0 Å². The number of rotatable bonds is 7. The van der Waals surface area contributed by atoms with Gasteiger partial charge in [-0.25, -0.2) is 4.79 Å². The van der Waals surface area contributed by atoms with Crippen molar-refractivity contribution in [3.63, 3.8) is 0 Å². The number of non-ortho nitro benzene ring substituents is 1. The van der Waals surface area contributed by atoms with Gasteiger partial charge in [0.05, 0.1) is 17.6 Å². The number of nitro benzene ring substituents is 1. The maximum Gasteiger partial charge on any atom is 0.337 e. The number of hydrogen-bond acceptors (Lipinski definition) is 7. The van der Waals surface area contributed by atoms with E-state index in [2.05, 4.69) is 31.3 Å². The van der Waals surface area contributed by atoms with Gasteiger partial charge in [0.2, 0.25) is 0 Å². The lowest BCUT2D eigenvalue weighted by atomic mass is 10.1. The molecule has 2 N–H and O–H groups in total. The van der Waals surface area contributed by atoms with Crippen LogP contribution in [0, 0.1) is 10.1 Å². The Morgan fingerprint density at radius 1 is 1.09 bits per heavy atom. The van der Waals surface area contributed by atoms with E-state index in [-0.39, 0.29) is 28.4 Å². The molecule has 11 heteroatoms. The number of furan rings is 1. The first-order valence-electron chi connectivity index (χ1n) is 9.29. The zero-order valence-corrected chi connectivity index (χ0v) is 18.6. The third-order valence-electron chi connectivity index (χ3n) is 4.22. The van der Waals surface area contributed by atoms with Crippen LogP contribution in [-0.2, 0) is 9.53 Å². The fraction of sp³-hybridized carbons (Fsp3) is 0.0455. The molecule has 33 heavy (non-hydrogen) atoms. The zero-order valence-electron chi connectivity index (χ0n) is 17.0. The second kappa shape index (κ2) is 10.4. The molecule has 0 aliphatic heterocycles. The van der Waals surface area contributed by atoms with Crippen LogP contribution in [0.3, 0.4) is 0 Å². The summed E-state index contributed by atoms with van der Waals surface area (Å²) in [5, 5.41) is 16.1. The van der Waals surface area contributed by atoms with Gasteiger partial charge in [-0.2, -0.15) is 0 Å². The lowest BCUT2D eigenvalue weighted by Gasteiger charge is -2.11. The fourth-order valence-electron chi connectivity index (χ4n) is 2.71. The molecule has 0 unspecified atom stereocenters. The van der Waals surface area contributed by atoms with Gasteiger partial charge in [-0.1, -0.05) is 18.2 Å². The van der Waals surface area contributed by atoms with Crippen molar-refractivity contribution in [2.75, 3.05) is 12.4 Å². The molecule has 0 saturated heterocycles. The van der Waals surface area contributed by atoms with Crippen LogP contribution in [-0.4, -0.2) is 29.8 Å². The Balaban J connectivity index is 1.93. The van der Waals surface area contributed by atoms with Gasteiger partial charge in [0.1, 0.15) is 5.70 Å². The van der Waals surface area contributed by atoms with Gasteiger partial charge in [0.15, 0.2) is 10.4 Å². The molecule has 0 radical (unpaired) electrons. The first kappa shape index (κ1) is 23.4. The number of amides is 2. The van der Waals surface area contributed by atoms with E-state index in [4.69, 9.17) is 4.42 Å². The molecule has 168 valence electrons. The van der Waals surface area contributed by atoms with Crippen molar-refractivity contribution < 1.29 is 28.5 Å². The molecule has 0 spiro atoms. The predicted molar refractivity (Wildman–Crippen MR) is 121 cm³/mol. The van der Waals surface area contributed by atoms with E-state index in [0.717, 1.165) is 0 Å². The molecule has 0 atom stereocenters. The highest BCUT2D eigenvalue weighted by Gasteiger charge is 2.18. The van der Waals surface area contributed by atoms with E-state index >= 15 is 0 Å². The first-order chi connectivity index (χ1) is 15.8. The summed E-state index contributed by atoms with van der Waals surface area (Å²) in [6.07, 6.45) is 1.28. The number of nitrogens with one attached hydrogen (secondary N) is 2. The summed E-state index contributed by atoms with van der Waals surface area (Å²) < 4.78 is 10.2. The normalized spacial score (nSPS) is 10.9. The summed E-state index contributed by atoms with van der Waals surface area (Å²) in [5.41, 5.74) is 0.387. The summed E-state index contributed by atoms with van der Waals surface area (Å²) in [6, 6.07) is 14.5. The number of carbonyl (C=O) groups excluding carboxylic acids is 3. The average Bonchev–Trinajstić information content (AvgIpc) is 3.24. The molecule has 3 aromatic rings. The molecular formula is C22H16BrN3O7. The Labute approximate surface area is 195 Å². The number of nitro groups is 1. The maximum absolute atomic E-state index is 13.0. The number of halogens is 1. The molecule has 3 rings (SSSR count). The van der Waals surface area contributed by atoms with E-state index < -0.39 is 22.7 Å². The van der Waals surface area contributed by atoms with Crippen LogP contribution in [0.5, 0.6) is 0 Å². The van der Waals surface area contributed by atoms with Gasteiger partial charge in [0.25, 0.3) is 17.5 Å². The van der Waals surface area contributed by atoms with Crippen LogP contribution in [0.25, 0.3) is 6.08 Å². The van der Waals surface area contributed by atoms with Gasteiger partial charge in [0, 0.05) is 17.8 Å². The van der Waals surface area contributed by atoms with E-state index in [1.807, 2.05) is 0 Å². The fourth-order valence-corrected chi connectivity index (χ4v) is 3.02. The summed E-state index contributed by atoms with van der Waals surface area (Å²) in [5.74, 6) is -2.10. The zero-order chi connectivity index (χ0) is 24.0. The number of carbonyl (C=O) groups is 3. The topological polar surface area (TPSA) is 141 Å². The predicted octanol–water partition coefficient (Wildman–Crippen LogP) is 4.15. The molecule has 0 bridgehead atoms. The second-order valence-electron chi connectivity index (χ2n) is 6.49. The van der Waals surface area contributed by atoms with Crippen LogP contribution < -0.4 is 10.6 Å². The highest BCUT2D eigenvalue weighted by atomic mass is 79.9. The molecule has 0 aliphatic rings. The molecular weight excluding hydrogens is 498 g/mol. The van der Waals surface area contributed by atoms with Crippen LogP contribution in [0.4, 0.5) is 11.4 Å². The summed E-state index contributed by atoms with van der Waals surface area (Å²) >= 11 is 3.10. The lowest BCUT2D eigenvalue weighted by molar-refractivity contribution is -0.384. The van der Waals surface area contributed by atoms with Crippen LogP contribution >= 0.6 is 15.9 Å². The largest absolute Gasteiger partial charge is 0.465 e. The quantitative estimate of drug-likeness (QED) is 0.209. The highest BCUT2D eigenvalue weighted by molar-refractivity contribution is 9.10. The Bertz CT molecular complexity index is 1270. The Morgan fingerprint density at radius 2 is 1.85 bits per heavy atom. The van der Waals surface area contributed by atoms with Crippen LogP contribution in [0.2, 0.25) is 0 Å². The molecule has 2 aromatic carbocycles. The minimum atomic E-state index is -0.734. The van der Waals surface area contributed by atoms with Gasteiger partial charge in [-0.3, -0.25) is 19.7 Å². The molecule has 10 nitrogen and oxygen atoms in total. The minimum absolute atomic E-state index is 0.0627. The molecule has 1 heterocycles. The van der Waals surface area contributed by atoms with Gasteiger partial charge in [-0.15, -0.1) is 0 Å². The molecule has 1 aromatic heterocycles. The van der Waals surface area contributed by atoms with Crippen LogP contribution in [0.1, 0.15) is 26.5 Å². The van der Waals surface area contributed by atoms with E-state index in [1.54, 1.807) is 12.1 Å². The third-order valence-corrected chi connectivity index (χ3v) is 4.65. The van der Waals surface area contributed by atoms with Crippen molar-refractivity contribution >= 4 is 51.2 Å². The van der Waals surface area contributed by atoms with Crippen LogP contribution in [0.15, 0.2) is 75.4 Å². The monoisotopic (exact) mass is 513 g/mol. The number of benzene rings is 2. The van der Waals surface area contributed by atoms with E-state index in [9.17, 15) is 24.5 Å². The molecule has 0 fully saturated rings. The Hall–Kier alpha value is -4.25. The lowest BCUT2D eigenvalue weighted by Crippen LogP contribution is -2.30. The SMILES string of the molecule is COC(=O)c1cccc(NC(=O)/C(=C\c2cccc([N+](=O)[O-])c2)NC(=O)c2ccc(Br)o2)c1. The Kier molecular flexibility index (Phi) is 7.36. The third kappa shape index (κ3) is 6.14. The summed E-state index contributed by atoms with van der Waals surface area (Å²) in [7, 11) is 1.23. The molecule has 0 aliphatic carbocycles. The number of methoxy groups -OCH3 is 1. The standard InChI is InChI=1S/C22H16BrN3O7/c1-32-22(29)14-5-3-6-15(12-14)24-20(27)17(25-21(28)18-8-9-19(23)33-18)11-13-4-2-7-16(10-13)26(30)31/h2-12H,1H3,(H,24,27)(H,25,28)/b17-11+. The van der Waals surface area contributed by atoms with Crippen molar-refractivity contribution in [1.82, 2.24) is 5.32 Å². The highest BCUT2D eigenvalue weighted by Crippen LogP contribution is 2.18. The smallest absolute Gasteiger partial charge is 0.337 e. The van der Waals surface area contributed by atoms with E-state index in [0.29, 0.717) is 10.2 Å². The summed E-state index contributed by atoms with van der Waals surface area (Å²) in [4.78, 5) is 47.8. The second-order valence-corrected chi connectivity index (χ2v) is 7.28. The minimum Gasteiger partial charge on any atom is -0.465 e. The van der Waals surface area contributed by atoms with Crippen molar-refractivity contribution in [3.05, 3.63) is 98.0 Å². The van der Waals surface area contributed by atoms with Gasteiger partial charge >= 0.3 is 5.97 Å². The van der Waals surface area contributed by atoms with Crippen molar-refractivity contribution in [3.8, 4) is 0 Å². The van der Waals surface area contributed by atoms with Gasteiger partial charge in [-0.05, 0) is 57.9 Å². The van der Waals surface area contributed by atoms with Crippen molar-refractivity contribution in [1.29, 1.82) is 0 Å². The molecule has 0 saturated carbocycles. The van der Waals surface area contributed by atoms with E-state index in [1.165, 1.54) is 61.7 Å². The summed E-state index contributed by atoms with van der Waals surface area (Å²) in [6.45, 7) is 0. The van der Waals surface area contributed by atoms with Crippen molar-refractivity contribution in [2.24, 2.45) is 0 Å². The number of hydrogen-bond donors (Lipinski definition) is 2. The maximum atomic E-state index is 13.0. The average molecular weight is 514 g/mol. The molecule has 2 amide bonds. The number of anilines is 1. The first-order valence-corrected chi connectivity index (χ1v) is 10.1. The Morgan fingerprint density at radius 3 is 2.52 bits per heavy atom. The number of ether oxygens (including phenoxy) is 1. The van der Waals surface area contributed by atoms with Gasteiger partial charge < -0.3 is 19.8 Å².